The fourth-order valence-corrected chi connectivity index (χ4v) is 3.52. The van der Waals surface area contributed by atoms with Crippen LogP contribution in [0.1, 0.15) is 24.8 Å². The van der Waals surface area contributed by atoms with Crippen LogP contribution in [0.3, 0.4) is 0 Å². The van der Waals surface area contributed by atoms with Gasteiger partial charge < -0.3 is 20.3 Å². The van der Waals surface area contributed by atoms with E-state index < -0.39 is 30.2 Å². The third kappa shape index (κ3) is 12.6. The molecule has 0 fully saturated rings. The number of ketones is 1. The van der Waals surface area contributed by atoms with Gasteiger partial charge in [0.05, 0.1) is 11.6 Å². The first-order valence-electron chi connectivity index (χ1n) is 11.7. The lowest BCUT2D eigenvalue weighted by Gasteiger charge is -2.06. The van der Waals surface area contributed by atoms with Crippen LogP contribution in [-0.4, -0.2) is 53.1 Å². The molecule has 40 heavy (non-hydrogen) atoms. The molecule has 2 aliphatic heterocycles. The van der Waals surface area contributed by atoms with Gasteiger partial charge in [0.1, 0.15) is 29.6 Å². The molecule has 2 aromatic rings. The van der Waals surface area contributed by atoms with E-state index >= 15 is 0 Å². The van der Waals surface area contributed by atoms with Crippen molar-refractivity contribution in [1.82, 2.24) is 5.32 Å². The molecule has 0 radical (unpaired) electrons. The first-order valence-corrected chi connectivity index (χ1v) is 12.4. The lowest BCUT2D eigenvalue weighted by atomic mass is 10.1. The number of aryl methyl sites for hydroxylation is 1. The number of halogens is 4. The van der Waals surface area contributed by atoms with Crippen molar-refractivity contribution in [2.45, 2.75) is 25.7 Å². The highest BCUT2D eigenvalue weighted by molar-refractivity contribution is 6.35. The minimum absolute atomic E-state index is 0.00887. The molecule has 0 amide bonds. The van der Waals surface area contributed by atoms with Crippen molar-refractivity contribution >= 4 is 53.0 Å². The zero-order valence-electron chi connectivity index (χ0n) is 20.9. The first kappa shape index (κ1) is 32.1. The molecule has 0 aliphatic carbocycles. The molecule has 2 heterocycles. The Labute approximate surface area is 238 Å². The number of amidine groups is 1. The van der Waals surface area contributed by atoms with E-state index in [1.54, 1.807) is 18.5 Å². The van der Waals surface area contributed by atoms with Crippen molar-refractivity contribution < 1.29 is 38.1 Å². The summed E-state index contributed by atoms with van der Waals surface area (Å²) in [7, 11) is 0. The summed E-state index contributed by atoms with van der Waals surface area (Å²) >= 11 is 11.3. The number of nitrogens with zero attached hydrogens (tertiary/aromatic N) is 2. The number of ether oxygens (including phenoxy) is 1. The fraction of sp³-hybridized carbons (Fsp3) is 0.222. The number of carbonyl (C=O) groups is 3. The summed E-state index contributed by atoms with van der Waals surface area (Å²) in [6.45, 7) is 0.164. The highest BCUT2D eigenvalue weighted by Gasteiger charge is 2.09. The zero-order chi connectivity index (χ0) is 29.5. The third-order valence-corrected chi connectivity index (χ3v) is 5.39. The Kier molecular flexibility index (Phi) is 13.5. The van der Waals surface area contributed by atoms with Crippen molar-refractivity contribution in [3.63, 3.8) is 0 Å². The molecule has 0 saturated heterocycles. The number of aliphatic imine (C=N–C) groups is 2. The van der Waals surface area contributed by atoms with Gasteiger partial charge in [-0.3, -0.25) is 19.6 Å². The molecule has 2 aliphatic rings. The Balaban J connectivity index is 0.000000218. The molecule has 4 rings (SSSR count). The van der Waals surface area contributed by atoms with Gasteiger partial charge in [0.25, 0.3) is 0 Å². The van der Waals surface area contributed by atoms with Crippen LogP contribution in [0.4, 0.5) is 8.78 Å². The van der Waals surface area contributed by atoms with E-state index in [0.29, 0.717) is 58.7 Å². The van der Waals surface area contributed by atoms with E-state index in [-0.39, 0.29) is 12.2 Å². The number of hydrogen-bond acceptors (Lipinski definition) is 7. The van der Waals surface area contributed by atoms with E-state index in [1.807, 2.05) is 6.08 Å². The number of aliphatic carboxylic acids is 2. The highest BCUT2D eigenvalue weighted by Crippen LogP contribution is 2.27. The standard InChI is InChI=1S/C13H11F2NO.C8H6Cl2O3.C6H8N2O2/c14-10-3-1-9(13(15)7-10)2-4-11-8-12(17)5-6-16-11;9-5-1-2-7(6(10)3-5)13-4-8(11)12;9-6(10)4-5-7-2-1-3-8-5/h1,3,6-8H,2,4-5H2;1-3H,4H2,(H,11,12);1-2H,3-4H2,(H,7,8)(H,9,10). The Bertz CT molecular complexity index is 1350. The van der Waals surface area contributed by atoms with Gasteiger partial charge in [0, 0.05) is 35.5 Å². The van der Waals surface area contributed by atoms with Crippen molar-refractivity contribution in [3.8, 4) is 5.75 Å². The van der Waals surface area contributed by atoms with Crippen LogP contribution in [0.15, 0.2) is 70.4 Å². The van der Waals surface area contributed by atoms with Crippen molar-refractivity contribution in [2.24, 2.45) is 9.98 Å². The summed E-state index contributed by atoms with van der Waals surface area (Å²) in [6, 6.07) is 8.08. The third-order valence-electron chi connectivity index (χ3n) is 4.86. The maximum atomic E-state index is 13.3. The van der Waals surface area contributed by atoms with Gasteiger partial charge >= 0.3 is 11.9 Å². The molecule has 0 bridgehead atoms. The molecule has 0 aromatic heterocycles. The van der Waals surface area contributed by atoms with Gasteiger partial charge in [-0.1, -0.05) is 29.3 Å². The number of nitrogens with one attached hydrogen (secondary N) is 1. The van der Waals surface area contributed by atoms with Gasteiger partial charge in [-0.15, -0.1) is 0 Å². The van der Waals surface area contributed by atoms with E-state index in [2.05, 4.69) is 15.3 Å². The van der Waals surface area contributed by atoms with Crippen LogP contribution in [0, 0.1) is 11.6 Å². The first-order chi connectivity index (χ1) is 19.0. The summed E-state index contributed by atoms with van der Waals surface area (Å²) < 4.78 is 30.9. The predicted molar refractivity (Wildman–Crippen MR) is 147 cm³/mol. The second-order valence-corrected chi connectivity index (χ2v) is 8.86. The Morgan fingerprint density at radius 1 is 1.05 bits per heavy atom. The largest absolute Gasteiger partial charge is 0.481 e. The molecule has 3 N–H and O–H groups in total. The molecule has 13 heteroatoms. The molecular weight excluding hydrogens is 571 g/mol. The second-order valence-electron chi connectivity index (χ2n) is 8.02. The van der Waals surface area contributed by atoms with Crippen LogP contribution >= 0.6 is 23.2 Å². The van der Waals surface area contributed by atoms with Gasteiger partial charge in [0.15, 0.2) is 12.4 Å². The number of carboxylic acid groups (broad SMARTS) is 2. The van der Waals surface area contributed by atoms with Crippen molar-refractivity contribution in [1.29, 1.82) is 0 Å². The van der Waals surface area contributed by atoms with Crippen LogP contribution < -0.4 is 10.1 Å². The monoisotopic (exact) mass is 595 g/mol. The SMILES string of the molecule is O=C(O)CC1=NCC=CN1.O=C(O)COc1ccc(Cl)cc1Cl.O=C1C=C(CCc2ccc(F)cc2F)N=CC1. The van der Waals surface area contributed by atoms with E-state index in [0.717, 1.165) is 6.07 Å². The van der Waals surface area contributed by atoms with Crippen LogP contribution in [0.25, 0.3) is 0 Å². The maximum absolute atomic E-state index is 13.3. The molecule has 0 spiro atoms. The number of rotatable bonds is 8. The molecule has 0 unspecified atom stereocenters. The maximum Gasteiger partial charge on any atom is 0.341 e. The minimum Gasteiger partial charge on any atom is -0.481 e. The quantitative estimate of drug-likeness (QED) is 0.378. The fourth-order valence-electron chi connectivity index (χ4n) is 3.06. The van der Waals surface area contributed by atoms with Crippen LogP contribution in [0.5, 0.6) is 5.75 Å². The summed E-state index contributed by atoms with van der Waals surface area (Å²) in [5.41, 5.74) is 1.07. The molecule has 0 saturated carbocycles. The van der Waals surface area contributed by atoms with E-state index in [4.69, 9.17) is 38.2 Å². The number of carbonyl (C=O) groups excluding carboxylic acids is 1. The minimum atomic E-state index is -1.05. The highest BCUT2D eigenvalue weighted by atomic mass is 35.5. The number of benzene rings is 2. The van der Waals surface area contributed by atoms with Gasteiger partial charge in [-0.05, 0) is 54.9 Å². The summed E-state index contributed by atoms with van der Waals surface area (Å²) in [5, 5.41) is 20.2. The number of hydrogen-bond donors (Lipinski definition) is 3. The predicted octanol–water partition coefficient (Wildman–Crippen LogP) is 5.26. The average Bonchev–Trinajstić information content (AvgIpc) is 2.89. The van der Waals surface area contributed by atoms with Gasteiger partial charge in [-0.2, -0.15) is 0 Å². The summed E-state index contributed by atoms with van der Waals surface area (Å²) in [6.07, 6.45) is 7.74. The van der Waals surface area contributed by atoms with E-state index in [1.165, 1.54) is 30.3 Å². The summed E-state index contributed by atoms with van der Waals surface area (Å²) in [4.78, 5) is 39.4. The molecule has 2 aromatic carbocycles. The Morgan fingerprint density at radius 2 is 1.82 bits per heavy atom. The molecular formula is C27H25Cl2F2N3O6. The second kappa shape index (κ2) is 16.8. The Hall–Kier alpha value is -4.09. The average molecular weight is 596 g/mol. The van der Waals surface area contributed by atoms with E-state index in [9.17, 15) is 23.2 Å². The molecule has 0 atom stereocenters. The number of carboxylic acids is 2. The Morgan fingerprint density at radius 3 is 2.42 bits per heavy atom. The zero-order valence-corrected chi connectivity index (χ0v) is 22.5. The molecule has 9 nitrogen and oxygen atoms in total. The lowest BCUT2D eigenvalue weighted by molar-refractivity contribution is -0.139. The lowest BCUT2D eigenvalue weighted by Crippen LogP contribution is -2.23. The van der Waals surface area contributed by atoms with Crippen LogP contribution in [-0.2, 0) is 20.8 Å². The van der Waals surface area contributed by atoms with Gasteiger partial charge in [-0.25, -0.2) is 13.6 Å². The van der Waals surface area contributed by atoms with Crippen molar-refractivity contribution in [2.75, 3.05) is 13.2 Å². The topological polar surface area (TPSA) is 138 Å². The molecule has 212 valence electrons. The van der Waals surface area contributed by atoms with Crippen molar-refractivity contribution in [3.05, 3.63) is 87.7 Å². The number of allylic oxidation sites excluding steroid dienone is 2. The van der Waals surface area contributed by atoms with Gasteiger partial charge in [0.2, 0.25) is 0 Å². The van der Waals surface area contributed by atoms with Crippen LogP contribution in [0.2, 0.25) is 10.0 Å². The normalized spacial score (nSPS) is 13.4. The summed E-state index contributed by atoms with van der Waals surface area (Å²) in [5.74, 6) is -2.21. The smallest absolute Gasteiger partial charge is 0.341 e.